The van der Waals surface area contributed by atoms with Crippen molar-refractivity contribution in [2.45, 2.75) is 5.16 Å². The number of rotatable bonds is 7. The van der Waals surface area contributed by atoms with Crippen molar-refractivity contribution in [2.24, 2.45) is 0 Å². The Kier molecular flexibility index (Phi) is 5.32. The lowest BCUT2D eigenvalue weighted by atomic mass is 10.3. The van der Waals surface area contributed by atoms with Crippen LogP contribution in [0.5, 0.6) is 5.75 Å². The van der Waals surface area contributed by atoms with Crippen molar-refractivity contribution in [3.8, 4) is 22.1 Å². The van der Waals surface area contributed by atoms with Crippen LogP contribution in [0.2, 0.25) is 0 Å². The van der Waals surface area contributed by atoms with Crippen molar-refractivity contribution in [1.29, 1.82) is 0 Å². The molecule has 0 amide bonds. The van der Waals surface area contributed by atoms with Crippen LogP contribution in [0.3, 0.4) is 0 Å². The van der Waals surface area contributed by atoms with Crippen LogP contribution in [0.15, 0.2) is 46.9 Å². The number of thioether (sulfide) groups is 1. The molecule has 0 spiro atoms. The van der Waals surface area contributed by atoms with Gasteiger partial charge in [-0.3, -0.25) is 4.57 Å². The van der Waals surface area contributed by atoms with Crippen molar-refractivity contribution in [3.05, 3.63) is 41.8 Å². The molecule has 2 heterocycles. The molecular weight excluding hydrogens is 330 g/mol. The van der Waals surface area contributed by atoms with E-state index >= 15 is 0 Å². The third-order valence-electron chi connectivity index (χ3n) is 3.22. The molecule has 23 heavy (non-hydrogen) atoms. The van der Waals surface area contributed by atoms with E-state index in [0.717, 1.165) is 33.0 Å². The molecule has 0 fully saturated rings. The van der Waals surface area contributed by atoms with Crippen molar-refractivity contribution in [2.75, 3.05) is 26.6 Å². The maximum Gasteiger partial charge on any atom is 0.196 e. The summed E-state index contributed by atoms with van der Waals surface area (Å²) in [5.41, 5.74) is 0.934. The van der Waals surface area contributed by atoms with Crippen LogP contribution >= 0.6 is 23.1 Å². The number of ether oxygens (including phenoxy) is 2. The lowest BCUT2D eigenvalue weighted by molar-refractivity contribution is 0.218. The Balaban J connectivity index is 2.09. The number of methoxy groups -OCH3 is 2. The lowest BCUT2D eigenvalue weighted by Gasteiger charge is -2.13. The molecule has 2 aromatic heterocycles. The highest BCUT2D eigenvalue weighted by Crippen LogP contribution is 2.33. The minimum Gasteiger partial charge on any atom is -0.495 e. The van der Waals surface area contributed by atoms with E-state index in [1.54, 1.807) is 37.3 Å². The van der Waals surface area contributed by atoms with Gasteiger partial charge in [0.1, 0.15) is 5.75 Å². The van der Waals surface area contributed by atoms with Crippen molar-refractivity contribution in [1.82, 2.24) is 14.8 Å². The summed E-state index contributed by atoms with van der Waals surface area (Å²) in [5, 5.41) is 11.6. The fourth-order valence-electron chi connectivity index (χ4n) is 2.18. The third kappa shape index (κ3) is 3.41. The number of hydrogen-bond donors (Lipinski definition) is 0. The molecule has 0 N–H and O–H groups in total. The summed E-state index contributed by atoms with van der Waals surface area (Å²) in [6.45, 7) is 0.664. The first kappa shape index (κ1) is 16.0. The quantitative estimate of drug-likeness (QED) is 0.481. The van der Waals surface area contributed by atoms with Gasteiger partial charge in [-0.05, 0) is 23.6 Å². The van der Waals surface area contributed by atoms with Crippen LogP contribution in [0, 0.1) is 0 Å². The number of thiophene rings is 1. The predicted octanol–water partition coefficient (Wildman–Crippen LogP) is 3.74. The van der Waals surface area contributed by atoms with Gasteiger partial charge < -0.3 is 9.47 Å². The number of para-hydroxylation sites is 2. The van der Waals surface area contributed by atoms with Gasteiger partial charge in [-0.1, -0.05) is 30.0 Å². The topological polar surface area (TPSA) is 49.2 Å². The zero-order valence-electron chi connectivity index (χ0n) is 12.9. The second kappa shape index (κ2) is 7.63. The molecule has 7 heteroatoms. The standard InChI is InChI=1S/C16H17N3O2S2/c1-20-9-11-23-16-18-17-15(14-8-5-10-22-14)19(16)12-6-3-4-7-13(12)21-2/h3-8,10H,9,11H2,1-2H3. The van der Waals surface area contributed by atoms with Gasteiger partial charge in [0, 0.05) is 12.9 Å². The molecule has 3 rings (SSSR count). The highest BCUT2D eigenvalue weighted by molar-refractivity contribution is 7.99. The number of nitrogens with zero attached hydrogens (tertiary/aromatic N) is 3. The van der Waals surface area contributed by atoms with Gasteiger partial charge in [0.05, 0.1) is 24.3 Å². The SMILES string of the molecule is COCCSc1nnc(-c2cccs2)n1-c1ccccc1OC. The molecule has 0 radical (unpaired) electrons. The van der Waals surface area contributed by atoms with Crippen LogP contribution in [-0.2, 0) is 4.74 Å². The fraction of sp³-hybridized carbons (Fsp3) is 0.250. The Morgan fingerprint density at radius 3 is 2.74 bits per heavy atom. The Morgan fingerprint density at radius 1 is 1.13 bits per heavy atom. The smallest absolute Gasteiger partial charge is 0.196 e. The van der Waals surface area contributed by atoms with Gasteiger partial charge in [0.15, 0.2) is 11.0 Å². The Morgan fingerprint density at radius 2 is 2.00 bits per heavy atom. The lowest BCUT2D eigenvalue weighted by Crippen LogP contribution is -2.02. The monoisotopic (exact) mass is 347 g/mol. The summed E-state index contributed by atoms with van der Waals surface area (Å²) in [6.07, 6.45) is 0. The molecule has 5 nitrogen and oxygen atoms in total. The molecule has 0 bridgehead atoms. The van der Waals surface area contributed by atoms with Gasteiger partial charge >= 0.3 is 0 Å². The summed E-state index contributed by atoms with van der Waals surface area (Å²) in [7, 11) is 3.37. The highest BCUT2D eigenvalue weighted by atomic mass is 32.2. The van der Waals surface area contributed by atoms with Crippen LogP contribution < -0.4 is 4.74 Å². The predicted molar refractivity (Wildman–Crippen MR) is 93.8 cm³/mol. The van der Waals surface area contributed by atoms with Crippen molar-refractivity contribution < 1.29 is 9.47 Å². The second-order valence-corrected chi connectivity index (χ2v) is 6.64. The van der Waals surface area contributed by atoms with Crippen molar-refractivity contribution >= 4 is 23.1 Å². The van der Waals surface area contributed by atoms with Gasteiger partial charge in [-0.15, -0.1) is 21.5 Å². The van der Waals surface area contributed by atoms with E-state index in [9.17, 15) is 0 Å². The largest absolute Gasteiger partial charge is 0.495 e. The first-order valence-corrected chi connectivity index (χ1v) is 8.96. The average molecular weight is 347 g/mol. The molecule has 120 valence electrons. The summed E-state index contributed by atoms with van der Waals surface area (Å²) in [5.74, 6) is 2.43. The van der Waals surface area contributed by atoms with E-state index in [2.05, 4.69) is 10.2 Å². The summed E-state index contributed by atoms with van der Waals surface area (Å²) >= 11 is 3.26. The summed E-state index contributed by atoms with van der Waals surface area (Å²) in [6, 6.07) is 12.0. The maximum absolute atomic E-state index is 5.52. The Labute approximate surface area is 143 Å². The van der Waals surface area contributed by atoms with Crippen LogP contribution in [0.4, 0.5) is 0 Å². The molecule has 0 unspecified atom stereocenters. The second-order valence-electron chi connectivity index (χ2n) is 4.63. The molecule has 0 aliphatic carbocycles. The molecule has 0 atom stereocenters. The van der Waals surface area contributed by atoms with E-state index in [1.807, 2.05) is 46.3 Å². The van der Waals surface area contributed by atoms with E-state index < -0.39 is 0 Å². The van der Waals surface area contributed by atoms with Crippen molar-refractivity contribution in [3.63, 3.8) is 0 Å². The van der Waals surface area contributed by atoms with E-state index in [-0.39, 0.29) is 0 Å². The van der Waals surface area contributed by atoms with Crippen LogP contribution in [0.25, 0.3) is 16.4 Å². The summed E-state index contributed by atoms with van der Waals surface area (Å²) in [4.78, 5) is 1.07. The van der Waals surface area contributed by atoms with Gasteiger partial charge in [-0.2, -0.15) is 0 Å². The molecular formula is C16H17N3O2S2. The van der Waals surface area contributed by atoms with Gasteiger partial charge in [0.25, 0.3) is 0 Å². The van der Waals surface area contributed by atoms with E-state index in [1.165, 1.54) is 0 Å². The maximum atomic E-state index is 5.52. The zero-order chi connectivity index (χ0) is 16.1. The zero-order valence-corrected chi connectivity index (χ0v) is 14.6. The minimum absolute atomic E-state index is 0.664. The molecule has 0 saturated heterocycles. The van der Waals surface area contributed by atoms with Crippen LogP contribution in [0.1, 0.15) is 0 Å². The molecule has 3 aromatic rings. The highest BCUT2D eigenvalue weighted by Gasteiger charge is 2.19. The first-order valence-electron chi connectivity index (χ1n) is 7.09. The number of hydrogen-bond acceptors (Lipinski definition) is 6. The van der Waals surface area contributed by atoms with Crippen LogP contribution in [-0.4, -0.2) is 41.3 Å². The van der Waals surface area contributed by atoms with E-state index in [4.69, 9.17) is 9.47 Å². The fourth-order valence-corrected chi connectivity index (χ4v) is 3.72. The Bertz CT molecular complexity index is 757. The minimum atomic E-state index is 0.664. The Hall–Kier alpha value is -1.83. The number of benzene rings is 1. The van der Waals surface area contributed by atoms with Gasteiger partial charge in [0.2, 0.25) is 0 Å². The molecule has 0 saturated carbocycles. The summed E-state index contributed by atoms with van der Waals surface area (Å²) < 4.78 is 12.7. The number of aromatic nitrogens is 3. The van der Waals surface area contributed by atoms with Gasteiger partial charge in [-0.25, -0.2) is 0 Å². The average Bonchev–Trinajstić information content (AvgIpc) is 3.24. The first-order chi connectivity index (χ1) is 11.3. The third-order valence-corrected chi connectivity index (χ3v) is 4.98. The molecule has 0 aliphatic heterocycles. The molecule has 0 aliphatic rings. The van der Waals surface area contributed by atoms with E-state index in [0.29, 0.717) is 6.61 Å². The normalized spacial score (nSPS) is 10.9. The molecule has 1 aromatic carbocycles.